The molecule has 1 aliphatic rings. The zero-order chi connectivity index (χ0) is 22.8. The highest BCUT2D eigenvalue weighted by atomic mass is 35.5. The maximum Gasteiger partial charge on any atom is 0.255 e. The van der Waals surface area contributed by atoms with E-state index in [0.29, 0.717) is 27.8 Å². The number of carbonyl (C=O) groups is 1. The molecule has 0 unspecified atom stereocenters. The van der Waals surface area contributed by atoms with E-state index in [0.717, 1.165) is 31.5 Å². The number of hydrogen-bond donors (Lipinski definition) is 2. The fourth-order valence-electron chi connectivity index (χ4n) is 3.91. The van der Waals surface area contributed by atoms with Gasteiger partial charge in [-0.15, -0.1) is 0 Å². The molecule has 0 radical (unpaired) electrons. The van der Waals surface area contributed by atoms with Crippen LogP contribution in [0.2, 0.25) is 5.02 Å². The van der Waals surface area contributed by atoms with E-state index in [-0.39, 0.29) is 16.8 Å². The first-order valence-corrected chi connectivity index (χ1v) is 12.3. The molecule has 8 heteroatoms. The molecule has 0 saturated carbocycles. The summed E-state index contributed by atoms with van der Waals surface area (Å²) < 4.78 is 28.7. The number of nitrogens with zero attached hydrogens (tertiary/aromatic N) is 1. The van der Waals surface area contributed by atoms with Gasteiger partial charge in [0.25, 0.3) is 5.91 Å². The summed E-state index contributed by atoms with van der Waals surface area (Å²) in [5.74, 6) is 0.0410. The molecule has 2 aromatic rings. The van der Waals surface area contributed by atoms with Gasteiger partial charge in [0.05, 0.1) is 4.90 Å². The van der Waals surface area contributed by atoms with Gasteiger partial charge in [0, 0.05) is 22.3 Å². The third-order valence-corrected chi connectivity index (χ3v) is 7.80. The topological polar surface area (TPSA) is 78.5 Å². The van der Waals surface area contributed by atoms with Gasteiger partial charge in [0.15, 0.2) is 0 Å². The summed E-state index contributed by atoms with van der Waals surface area (Å²) in [4.78, 5) is 15.1. The normalized spacial score (nSPS) is 16.8. The van der Waals surface area contributed by atoms with Crippen LogP contribution in [0.25, 0.3) is 0 Å². The predicted molar refractivity (Wildman–Crippen MR) is 125 cm³/mol. The molecule has 31 heavy (non-hydrogen) atoms. The molecule has 2 N–H and O–H groups in total. The van der Waals surface area contributed by atoms with E-state index in [1.54, 1.807) is 37.3 Å². The molecule has 168 valence electrons. The van der Waals surface area contributed by atoms with Gasteiger partial charge in [0.1, 0.15) is 0 Å². The Balaban J connectivity index is 1.72. The second-order valence-electron chi connectivity index (χ2n) is 8.44. The summed E-state index contributed by atoms with van der Waals surface area (Å²) in [6.45, 7) is 7.51. The number of anilines is 1. The molecule has 0 aliphatic carbocycles. The van der Waals surface area contributed by atoms with Crippen molar-refractivity contribution in [2.75, 3.05) is 25.5 Å². The zero-order valence-electron chi connectivity index (χ0n) is 18.4. The van der Waals surface area contributed by atoms with Gasteiger partial charge in [-0.05, 0) is 101 Å². The van der Waals surface area contributed by atoms with Gasteiger partial charge in [-0.25, -0.2) is 13.1 Å². The van der Waals surface area contributed by atoms with Gasteiger partial charge in [-0.3, -0.25) is 4.79 Å². The molecule has 1 heterocycles. The zero-order valence-corrected chi connectivity index (χ0v) is 20.0. The first kappa shape index (κ1) is 23.7. The molecule has 6 nitrogen and oxygen atoms in total. The molecule has 1 fully saturated rings. The molecule has 1 amide bonds. The van der Waals surface area contributed by atoms with Crippen LogP contribution in [0.4, 0.5) is 5.69 Å². The van der Waals surface area contributed by atoms with Crippen molar-refractivity contribution in [3.05, 3.63) is 58.1 Å². The van der Waals surface area contributed by atoms with Crippen molar-refractivity contribution in [1.29, 1.82) is 0 Å². The number of hydrogen-bond acceptors (Lipinski definition) is 4. The van der Waals surface area contributed by atoms with Crippen molar-refractivity contribution in [3.63, 3.8) is 0 Å². The van der Waals surface area contributed by atoms with Crippen LogP contribution in [0.3, 0.4) is 0 Å². The number of likely N-dealkylation sites (tertiary alicyclic amines) is 1. The summed E-state index contributed by atoms with van der Waals surface area (Å²) in [7, 11) is -1.56. The monoisotopic (exact) mass is 463 g/mol. The summed E-state index contributed by atoms with van der Waals surface area (Å²) in [5.41, 5.74) is 2.53. The van der Waals surface area contributed by atoms with Gasteiger partial charge in [-0.2, -0.15) is 0 Å². The average molecular weight is 464 g/mol. The third-order valence-electron chi connectivity index (χ3n) is 6.01. The van der Waals surface area contributed by atoms with Gasteiger partial charge in [0.2, 0.25) is 10.0 Å². The van der Waals surface area contributed by atoms with E-state index in [9.17, 15) is 13.2 Å². The van der Waals surface area contributed by atoms with Crippen molar-refractivity contribution in [3.8, 4) is 0 Å². The summed E-state index contributed by atoms with van der Waals surface area (Å²) in [6.07, 6.45) is 1.96. The average Bonchev–Trinajstić information content (AvgIpc) is 2.71. The fraction of sp³-hybridized carbons (Fsp3) is 0.435. The Kier molecular flexibility index (Phi) is 7.42. The van der Waals surface area contributed by atoms with Crippen LogP contribution in [0, 0.1) is 19.8 Å². The largest absolute Gasteiger partial charge is 0.322 e. The van der Waals surface area contributed by atoms with Crippen LogP contribution >= 0.6 is 11.6 Å². The second kappa shape index (κ2) is 9.69. The van der Waals surface area contributed by atoms with Gasteiger partial charge >= 0.3 is 0 Å². The number of amides is 1. The standard InChI is InChI=1S/C23H30ClN3O3S/c1-15-5-6-19(24)14-21(15)23(28)25-22-8-7-20(13-16(22)2)31(29,30)26-17(3)18-9-11-27(4)12-10-18/h5-8,13-14,17-18,26H,9-12H2,1-4H3,(H,25,28)/t17-/m1/s1. The Morgan fingerprint density at radius 3 is 2.42 bits per heavy atom. The predicted octanol–water partition coefficient (Wildman–Crippen LogP) is 4.22. The smallest absolute Gasteiger partial charge is 0.255 e. The minimum Gasteiger partial charge on any atom is -0.322 e. The summed E-state index contributed by atoms with van der Waals surface area (Å²) in [5, 5.41) is 3.34. The van der Waals surface area contributed by atoms with Crippen molar-refractivity contribution < 1.29 is 13.2 Å². The Labute approximate surface area is 190 Å². The SMILES string of the molecule is Cc1cc(S(=O)(=O)N[C@H](C)C2CCN(C)CC2)ccc1NC(=O)c1cc(Cl)ccc1C. The van der Waals surface area contributed by atoms with E-state index < -0.39 is 10.0 Å². The van der Waals surface area contributed by atoms with Gasteiger partial charge in [-0.1, -0.05) is 17.7 Å². The molecular weight excluding hydrogens is 434 g/mol. The van der Waals surface area contributed by atoms with Gasteiger partial charge < -0.3 is 10.2 Å². The maximum absolute atomic E-state index is 12.9. The molecular formula is C23H30ClN3O3S. The minimum absolute atomic E-state index is 0.135. The number of benzene rings is 2. The molecule has 3 rings (SSSR count). The molecule has 0 bridgehead atoms. The van der Waals surface area contributed by atoms with Crippen molar-refractivity contribution in [2.45, 2.75) is 44.6 Å². The van der Waals surface area contributed by atoms with Crippen LogP contribution in [0.5, 0.6) is 0 Å². The Morgan fingerprint density at radius 2 is 1.77 bits per heavy atom. The highest BCUT2D eigenvalue weighted by Gasteiger charge is 2.26. The molecule has 0 aromatic heterocycles. The highest BCUT2D eigenvalue weighted by molar-refractivity contribution is 7.89. The maximum atomic E-state index is 12.9. The lowest BCUT2D eigenvalue weighted by molar-refractivity contribution is 0.102. The number of aryl methyl sites for hydroxylation is 2. The number of nitrogens with one attached hydrogen (secondary N) is 2. The number of halogens is 1. The van der Waals surface area contributed by atoms with Crippen LogP contribution in [0.15, 0.2) is 41.3 Å². The summed E-state index contributed by atoms with van der Waals surface area (Å²) >= 11 is 6.01. The minimum atomic E-state index is -3.65. The van der Waals surface area contributed by atoms with Crippen LogP contribution in [-0.4, -0.2) is 45.4 Å². The fourth-order valence-corrected chi connectivity index (χ4v) is 5.48. The summed E-state index contributed by atoms with van der Waals surface area (Å²) in [6, 6.07) is 9.75. The number of carbonyl (C=O) groups excluding carboxylic acids is 1. The Bertz CT molecular complexity index is 1060. The molecule has 1 atom stereocenters. The second-order valence-corrected chi connectivity index (χ2v) is 10.6. The highest BCUT2D eigenvalue weighted by Crippen LogP contribution is 2.24. The van der Waals surface area contributed by atoms with Crippen molar-refractivity contribution in [1.82, 2.24) is 9.62 Å². The molecule has 2 aromatic carbocycles. The van der Waals surface area contributed by atoms with E-state index in [2.05, 4.69) is 22.0 Å². The molecule has 1 saturated heterocycles. The number of rotatable bonds is 6. The van der Waals surface area contributed by atoms with Crippen molar-refractivity contribution in [2.24, 2.45) is 5.92 Å². The van der Waals surface area contributed by atoms with Crippen LogP contribution in [0.1, 0.15) is 41.3 Å². The first-order valence-electron chi connectivity index (χ1n) is 10.5. The lowest BCUT2D eigenvalue weighted by atomic mass is 9.91. The first-order chi connectivity index (χ1) is 14.6. The quantitative estimate of drug-likeness (QED) is 0.672. The lowest BCUT2D eigenvalue weighted by Gasteiger charge is -2.32. The van der Waals surface area contributed by atoms with Crippen LogP contribution < -0.4 is 10.0 Å². The number of sulfonamides is 1. The van der Waals surface area contributed by atoms with Crippen molar-refractivity contribution >= 4 is 33.2 Å². The van der Waals surface area contributed by atoms with E-state index in [1.807, 2.05) is 13.8 Å². The number of piperidine rings is 1. The lowest BCUT2D eigenvalue weighted by Crippen LogP contribution is -2.42. The Morgan fingerprint density at radius 1 is 1.10 bits per heavy atom. The molecule has 1 aliphatic heterocycles. The van der Waals surface area contributed by atoms with E-state index >= 15 is 0 Å². The molecule has 0 spiro atoms. The van der Waals surface area contributed by atoms with Crippen LogP contribution in [-0.2, 0) is 10.0 Å². The van der Waals surface area contributed by atoms with E-state index in [1.165, 1.54) is 6.07 Å². The Hall–Kier alpha value is -1.93. The van der Waals surface area contributed by atoms with E-state index in [4.69, 9.17) is 11.6 Å². The third kappa shape index (κ3) is 5.86.